The summed E-state index contributed by atoms with van der Waals surface area (Å²) in [7, 11) is 0. The van der Waals surface area contributed by atoms with Crippen molar-refractivity contribution in [2.45, 2.75) is 33.4 Å². The maximum absolute atomic E-state index is 11.6. The molecule has 2 rings (SSSR count). The first-order valence-electron chi connectivity index (χ1n) is 6.18. The molecule has 96 valence electrons. The van der Waals surface area contributed by atoms with E-state index in [2.05, 4.69) is 30.6 Å². The van der Waals surface area contributed by atoms with Crippen LogP contribution in [0.3, 0.4) is 0 Å². The Kier molecular flexibility index (Phi) is 4.20. The zero-order valence-electron chi connectivity index (χ0n) is 10.8. The first-order valence-corrected chi connectivity index (χ1v) is 7.06. The fourth-order valence-corrected chi connectivity index (χ4v) is 2.66. The van der Waals surface area contributed by atoms with E-state index in [0.29, 0.717) is 0 Å². The molecule has 4 heteroatoms. The predicted molar refractivity (Wildman–Crippen MR) is 77.4 cm³/mol. The third kappa shape index (κ3) is 3.01. The maximum Gasteiger partial charge on any atom is 0.250 e. The molecule has 0 amide bonds. The highest BCUT2D eigenvalue weighted by molar-refractivity contribution is 7.10. The van der Waals surface area contributed by atoms with Gasteiger partial charge in [-0.1, -0.05) is 6.92 Å². The van der Waals surface area contributed by atoms with Crippen LogP contribution in [0.5, 0.6) is 0 Å². The van der Waals surface area contributed by atoms with E-state index in [9.17, 15) is 4.79 Å². The van der Waals surface area contributed by atoms with E-state index in [1.54, 1.807) is 22.0 Å². The molecule has 0 spiro atoms. The van der Waals surface area contributed by atoms with Gasteiger partial charge in [-0.2, -0.15) is 0 Å². The first-order chi connectivity index (χ1) is 8.70. The van der Waals surface area contributed by atoms with E-state index in [-0.39, 0.29) is 5.56 Å². The number of nitrogens with one attached hydrogen (secondary N) is 1. The number of aryl methyl sites for hydroxylation is 2. The summed E-state index contributed by atoms with van der Waals surface area (Å²) in [5, 5.41) is 5.47. The lowest BCUT2D eigenvalue weighted by molar-refractivity contribution is 0.655. The number of anilines is 1. The van der Waals surface area contributed by atoms with Gasteiger partial charge in [-0.15, -0.1) is 11.3 Å². The lowest BCUT2D eigenvalue weighted by atomic mass is 10.3. The van der Waals surface area contributed by atoms with Crippen LogP contribution in [-0.4, -0.2) is 4.57 Å². The van der Waals surface area contributed by atoms with Crippen molar-refractivity contribution < 1.29 is 0 Å². The highest BCUT2D eigenvalue weighted by atomic mass is 32.1. The molecule has 3 nitrogen and oxygen atoms in total. The Morgan fingerprint density at radius 1 is 1.33 bits per heavy atom. The van der Waals surface area contributed by atoms with Crippen molar-refractivity contribution in [3.63, 3.8) is 0 Å². The Hall–Kier alpha value is -1.55. The van der Waals surface area contributed by atoms with Gasteiger partial charge in [0, 0.05) is 30.2 Å². The normalized spacial score (nSPS) is 10.6. The fourth-order valence-electron chi connectivity index (χ4n) is 1.82. The number of nitrogens with zero attached hydrogens (tertiary/aromatic N) is 1. The number of thiophene rings is 1. The Morgan fingerprint density at radius 3 is 2.83 bits per heavy atom. The second-order valence-corrected chi connectivity index (χ2v) is 5.33. The quantitative estimate of drug-likeness (QED) is 0.897. The Bertz CT molecular complexity index is 571. The molecule has 0 fully saturated rings. The van der Waals surface area contributed by atoms with Gasteiger partial charge in [-0.25, -0.2) is 0 Å². The number of pyridine rings is 1. The van der Waals surface area contributed by atoms with Gasteiger partial charge in [0.1, 0.15) is 0 Å². The molecule has 0 aromatic carbocycles. The minimum atomic E-state index is 0.0645. The molecule has 18 heavy (non-hydrogen) atoms. The van der Waals surface area contributed by atoms with Crippen molar-refractivity contribution in [1.29, 1.82) is 0 Å². The summed E-state index contributed by atoms with van der Waals surface area (Å²) in [6, 6.07) is 5.59. The summed E-state index contributed by atoms with van der Waals surface area (Å²) in [6.45, 7) is 5.77. The average molecular weight is 262 g/mol. The van der Waals surface area contributed by atoms with Crippen LogP contribution in [0.1, 0.15) is 23.8 Å². The molecule has 0 aliphatic heterocycles. The van der Waals surface area contributed by atoms with Crippen LogP contribution in [0.2, 0.25) is 0 Å². The highest BCUT2D eigenvalue weighted by Gasteiger charge is 2.01. The number of rotatable bonds is 5. The molecule has 2 heterocycles. The summed E-state index contributed by atoms with van der Waals surface area (Å²) in [5.41, 5.74) is 2.37. The maximum atomic E-state index is 11.6. The number of aromatic nitrogens is 1. The number of hydrogen-bond acceptors (Lipinski definition) is 3. The van der Waals surface area contributed by atoms with Crippen molar-refractivity contribution in [3.8, 4) is 0 Å². The molecule has 0 bridgehead atoms. The van der Waals surface area contributed by atoms with E-state index < -0.39 is 0 Å². The van der Waals surface area contributed by atoms with E-state index in [4.69, 9.17) is 0 Å². The zero-order valence-corrected chi connectivity index (χ0v) is 11.6. The van der Waals surface area contributed by atoms with Gasteiger partial charge < -0.3 is 9.88 Å². The van der Waals surface area contributed by atoms with Crippen molar-refractivity contribution in [1.82, 2.24) is 4.57 Å². The van der Waals surface area contributed by atoms with Gasteiger partial charge in [0.05, 0.1) is 5.69 Å². The molecule has 0 unspecified atom stereocenters. The van der Waals surface area contributed by atoms with Crippen molar-refractivity contribution in [2.24, 2.45) is 0 Å². The summed E-state index contributed by atoms with van der Waals surface area (Å²) < 4.78 is 1.75. The molecule has 0 aliphatic carbocycles. The van der Waals surface area contributed by atoms with Crippen LogP contribution in [0.25, 0.3) is 0 Å². The molecule has 0 saturated heterocycles. The topological polar surface area (TPSA) is 34.0 Å². The molecule has 0 radical (unpaired) electrons. The highest BCUT2D eigenvalue weighted by Crippen LogP contribution is 2.17. The minimum Gasteiger partial charge on any atom is -0.379 e. The molecular formula is C14H18N2OS. The molecule has 0 aliphatic rings. The lowest BCUT2D eigenvalue weighted by Crippen LogP contribution is -2.18. The van der Waals surface area contributed by atoms with Crippen LogP contribution in [0, 0.1) is 6.92 Å². The Morgan fingerprint density at radius 2 is 2.17 bits per heavy atom. The van der Waals surface area contributed by atoms with Crippen LogP contribution >= 0.6 is 11.3 Å². The first kappa shape index (κ1) is 12.9. The third-order valence-corrected chi connectivity index (χ3v) is 3.89. The second-order valence-electron chi connectivity index (χ2n) is 4.33. The van der Waals surface area contributed by atoms with Crippen LogP contribution in [0.4, 0.5) is 5.69 Å². The fraction of sp³-hybridized carbons (Fsp3) is 0.357. The zero-order chi connectivity index (χ0) is 13.0. The van der Waals surface area contributed by atoms with E-state index >= 15 is 0 Å². The van der Waals surface area contributed by atoms with Crippen LogP contribution in [-0.2, 0) is 13.1 Å². The van der Waals surface area contributed by atoms with Gasteiger partial charge >= 0.3 is 0 Å². The third-order valence-electron chi connectivity index (χ3n) is 2.87. The number of hydrogen-bond donors (Lipinski definition) is 1. The van der Waals surface area contributed by atoms with Gasteiger partial charge in [0.2, 0.25) is 0 Å². The van der Waals surface area contributed by atoms with E-state index in [0.717, 1.165) is 25.2 Å². The monoisotopic (exact) mass is 262 g/mol. The van der Waals surface area contributed by atoms with Gasteiger partial charge in [-0.05, 0) is 36.4 Å². The standard InChI is InChI=1S/C14H18N2OS/c1-3-7-16-10-12(4-5-14(16)17)15-9-13-11(2)6-8-18-13/h4-6,8,10,15H,3,7,9H2,1-2H3. The van der Waals surface area contributed by atoms with Crippen LogP contribution in [0.15, 0.2) is 34.6 Å². The Balaban J connectivity index is 2.08. The second kappa shape index (κ2) is 5.87. The molecule has 0 atom stereocenters. The largest absolute Gasteiger partial charge is 0.379 e. The van der Waals surface area contributed by atoms with Crippen molar-refractivity contribution in [2.75, 3.05) is 5.32 Å². The molecular weight excluding hydrogens is 244 g/mol. The summed E-state index contributed by atoms with van der Waals surface area (Å²) >= 11 is 1.76. The van der Waals surface area contributed by atoms with Gasteiger partial charge in [0.25, 0.3) is 5.56 Å². The summed E-state index contributed by atoms with van der Waals surface area (Å²) in [4.78, 5) is 12.9. The predicted octanol–water partition coefficient (Wildman–Crippen LogP) is 3.24. The van der Waals surface area contributed by atoms with E-state index in [1.165, 1.54) is 10.4 Å². The smallest absolute Gasteiger partial charge is 0.250 e. The SMILES string of the molecule is CCCn1cc(NCc2sccc2C)ccc1=O. The summed E-state index contributed by atoms with van der Waals surface area (Å²) in [5.74, 6) is 0. The summed E-state index contributed by atoms with van der Waals surface area (Å²) in [6.07, 6.45) is 2.86. The van der Waals surface area contributed by atoms with E-state index in [1.807, 2.05) is 12.3 Å². The van der Waals surface area contributed by atoms with Crippen LogP contribution < -0.4 is 10.9 Å². The Labute approximate surface area is 111 Å². The molecule has 2 aromatic heterocycles. The molecule has 1 N–H and O–H groups in total. The lowest BCUT2D eigenvalue weighted by Gasteiger charge is -2.09. The van der Waals surface area contributed by atoms with Gasteiger partial charge in [-0.3, -0.25) is 4.79 Å². The average Bonchev–Trinajstić information content (AvgIpc) is 2.76. The molecule has 2 aromatic rings. The van der Waals surface area contributed by atoms with Gasteiger partial charge in [0.15, 0.2) is 0 Å². The minimum absolute atomic E-state index is 0.0645. The van der Waals surface area contributed by atoms with Crippen molar-refractivity contribution in [3.05, 3.63) is 50.6 Å². The van der Waals surface area contributed by atoms with Crippen molar-refractivity contribution >= 4 is 17.0 Å². The molecule has 0 saturated carbocycles.